The Bertz CT molecular complexity index is 243. The highest BCUT2D eigenvalue weighted by atomic mass is 16.5. The molecule has 0 radical (unpaired) electrons. The standard InChI is InChI=1S/C9H15BO4/c1-4-5-6-8(10(11)12)9(14-3)7-13-2/h4-7,11-12H,1-3H3/b5-4-,8-6+,9-7-. The average Bonchev–Trinajstić information content (AvgIpc) is 2.16. The Labute approximate surface area is 84.3 Å². The van der Waals surface area contributed by atoms with Gasteiger partial charge >= 0.3 is 7.12 Å². The molecule has 0 rings (SSSR count). The molecular weight excluding hydrogens is 183 g/mol. The number of ether oxygens (including phenoxy) is 2. The van der Waals surface area contributed by atoms with Crippen LogP contribution in [0.25, 0.3) is 0 Å². The first kappa shape index (κ1) is 12.8. The fraction of sp³-hybridized carbons (Fsp3) is 0.333. The van der Waals surface area contributed by atoms with Gasteiger partial charge in [0.15, 0.2) is 5.76 Å². The Kier molecular flexibility index (Phi) is 6.61. The Morgan fingerprint density at radius 2 is 1.93 bits per heavy atom. The maximum absolute atomic E-state index is 9.04. The summed E-state index contributed by atoms with van der Waals surface area (Å²) in [6.07, 6.45) is 6.29. The van der Waals surface area contributed by atoms with E-state index in [0.29, 0.717) is 0 Å². The van der Waals surface area contributed by atoms with E-state index < -0.39 is 7.12 Å². The van der Waals surface area contributed by atoms with Gasteiger partial charge in [-0.3, -0.25) is 0 Å². The summed E-state index contributed by atoms with van der Waals surface area (Å²) in [5.41, 5.74) is 0.243. The van der Waals surface area contributed by atoms with Gasteiger partial charge in [0, 0.05) is 5.47 Å². The molecule has 0 heterocycles. The number of hydrogen-bond acceptors (Lipinski definition) is 4. The lowest BCUT2D eigenvalue weighted by Gasteiger charge is -2.08. The first-order chi connectivity index (χ1) is 6.67. The van der Waals surface area contributed by atoms with Crippen LogP contribution in [0.15, 0.2) is 35.7 Å². The Hall–Kier alpha value is -1.20. The van der Waals surface area contributed by atoms with Crippen molar-refractivity contribution in [2.24, 2.45) is 0 Å². The van der Waals surface area contributed by atoms with Crippen LogP contribution >= 0.6 is 0 Å². The summed E-state index contributed by atoms with van der Waals surface area (Å²) in [7, 11) is 1.29. The van der Waals surface area contributed by atoms with Gasteiger partial charge in [-0.05, 0) is 6.92 Å². The van der Waals surface area contributed by atoms with Crippen molar-refractivity contribution in [1.82, 2.24) is 0 Å². The molecule has 0 aliphatic rings. The van der Waals surface area contributed by atoms with Gasteiger partial charge in [-0.1, -0.05) is 18.2 Å². The molecule has 0 aliphatic carbocycles. The molecule has 0 saturated heterocycles. The lowest BCUT2D eigenvalue weighted by atomic mass is 9.78. The topological polar surface area (TPSA) is 58.9 Å². The lowest BCUT2D eigenvalue weighted by Crippen LogP contribution is -2.18. The number of hydrogen-bond donors (Lipinski definition) is 2. The van der Waals surface area contributed by atoms with E-state index in [9.17, 15) is 0 Å². The van der Waals surface area contributed by atoms with E-state index >= 15 is 0 Å². The molecule has 78 valence electrons. The van der Waals surface area contributed by atoms with Gasteiger partial charge in [0.1, 0.15) is 6.26 Å². The summed E-state index contributed by atoms with van der Waals surface area (Å²) < 4.78 is 9.66. The van der Waals surface area contributed by atoms with Crippen molar-refractivity contribution in [1.29, 1.82) is 0 Å². The van der Waals surface area contributed by atoms with Gasteiger partial charge in [-0.25, -0.2) is 0 Å². The van der Waals surface area contributed by atoms with Gasteiger partial charge < -0.3 is 19.5 Å². The summed E-state index contributed by atoms with van der Waals surface area (Å²) >= 11 is 0. The maximum Gasteiger partial charge on any atom is 0.492 e. The second-order valence-electron chi connectivity index (χ2n) is 2.44. The third-order valence-electron chi connectivity index (χ3n) is 1.48. The summed E-state index contributed by atoms with van der Waals surface area (Å²) in [6.45, 7) is 1.82. The largest absolute Gasteiger partial charge is 0.501 e. The van der Waals surface area contributed by atoms with E-state index in [-0.39, 0.29) is 11.2 Å². The van der Waals surface area contributed by atoms with Gasteiger partial charge in [0.2, 0.25) is 0 Å². The van der Waals surface area contributed by atoms with Crippen LogP contribution in [0.4, 0.5) is 0 Å². The Balaban J connectivity index is 4.88. The molecule has 0 aromatic carbocycles. The Morgan fingerprint density at radius 1 is 1.29 bits per heavy atom. The molecule has 2 N–H and O–H groups in total. The first-order valence-corrected chi connectivity index (χ1v) is 4.13. The fourth-order valence-electron chi connectivity index (χ4n) is 0.836. The zero-order valence-corrected chi connectivity index (χ0v) is 8.60. The minimum Gasteiger partial charge on any atom is -0.501 e. The monoisotopic (exact) mass is 198 g/mol. The van der Waals surface area contributed by atoms with Gasteiger partial charge in [0.05, 0.1) is 14.2 Å². The predicted molar refractivity (Wildman–Crippen MR) is 55.2 cm³/mol. The molecule has 0 spiro atoms. The highest BCUT2D eigenvalue weighted by Gasteiger charge is 2.19. The third-order valence-corrected chi connectivity index (χ3v) is 1.48. The van der Waals surface area contributed by atoms with E-state index in [0.717, 1.165) is 0 Å². The van der Waals surface area contributed by atoms with Crippen LogP contribution in [0.1, 0.15) is 6.92 Å². The zero-order valence-electron chi connectivity index (χ0n) is 8.60. The minimum absolute atomic E-state index is 0.243. The zero-order chi connectivity index (χ0) is 11.0. The van der Waals surface area contributed by atoms with E-state index in [4.69, 9.17) is 19.5 Å². The molecular formula is C9H15BO4. The third kappa shape index (κ3) is 4.16. The van der Waals surface area contributed by atoms with Crippen LogP contribution in [0.3, 0.4) is 0 Å². The van der Waals surface area contributed by atoms with Crippen molar-refractivity contribution < 1.29 is 19.5 Å². The van der Waals surface area contributed by atoms with Crippen molar-refractivity contribution in [3.63, 3.8) is 0 Å². The summed E-state index contributed by atoms with van der Waals surface area (Å²) in [5, 5.41) is 18.1. The molecule has 14 heavy (non-hydrogen) atoms. The molecule has 0 atom stereocenters. The van der Waals surface area contributed by atoms with Gasteiger partial charge in [-0.15, -0.1) is 0 Å². The van der Waals surface area contributed by atoms with E-state index in [1.165, 1.54) is 20.5 Å². The van der Waals surface area contributed by atoms with Crippen LogP contribution < -0.4 is 0 Å². The normalized spacial score (nSPS) is 13.2. The SMILES string of the molecule is C\C=C/C=C(B(O)O)\C(=C\OC)OC. The summed E-state index contributed by atoms with van der Waals surface area (Å²) in [6, 6.07) is 0. The van der Waals surface area contributed by atoms with Crippen LogP contribution in [0.2, 0.25) is 0 Å². The second kappa shape index (κ2) is 7.23. The molecule has 0 fully saturated rings. The van der Waals surface area contributed by atoms with E-state index in [1.807, 2.05) is 6.92 Å². The smallest absolute Gasteiger partial charge is 0.492 e. The van der Waals surface area contributed by atoms with Crippen molar-refractivity contribution in [2.45, 2.75) is 6.92 Å². The number of allylic oxidation sites excluding steroid dienone is 4. The van der Waals surface area contributed by atoms with Crippen molar-refractivity contribution in [3.05, 3.63) is 35.7 Å². The molecule has 0 aliphatic heterocycles. The molecule has 4 nitrogen and oxygen atoms in total. The molecule has 5 heteroatoms. The molecule has 0 amide bonds. The number of rotatable bonds is 5. The first-order valence-electron chi connectivity index (χ1n) is 4.13. The Morgan fingerprint density at radius 3 is 2.29 bits per heavy atom. The summed E-state index contributed by atoms with van der Waals surface area (Å²) in [5.74, 6) is 0.278. The second-order valence-corrected chi connectivity index (χ2v) is 2.44. The highest BCUT2D eigenvalue weighted by Crippen LogP contribution is 2.12. The van der Waals surface area contributed by atoms with Crippen molar-refractivity contribution in [3.8, 4) is 0 Å². The highest BCUT2D eigenvalue weighted by molar-refractivity contribution is 6.52. The molecule has 0 aromatic rings. The van der Waals surface area contributed by atoms with E-state index in [2.05, 4.69) is 0 Å². The minimum atomic E-state index is -1.59. The predicted octanol–water partition coefficient (Wildman–Crippen LogP) is 0.635. The fourth-order valence-corrected chi connectivity index (χ4v) is 0.836. The van der Waals surface area contributed by atoms with Gasteiger partial charge in [0.25, 0.3) is 0 Å². The van der Waals surface area contributed by atoms with E-state index in [1.54, 1.807) is 18.2 Å². The maximum atomic E-state index is 9.04. The van der Waals surface area contributed by atoms with Crippen LogP contribution in [0.5, 0.6) is 0 Å². The quantitative estimate of drug-likeness (QED) is 0.386. The van der Waals surface area contributed by atoms with Crippen molar-refractivity contribution >= 4 is 7.12 Å². The number of methoxy groups -OCH3 is 2. The lowest BCUT2D eigenvalue weighted by molar-refractivity contribution is 0.256. The molecule has 0 bridgehead atoms. The van der Waals surface area contributed by atoms with Gasteiger partial charge in [-0.2, -0.15) is 0 Å². The van der Waals surface area contributed by atoms with Crippen LogP contribution in [-0.4, -0.2) is 31.4 Å². The van der Waals surface area contributed by atoms with Crippen LogP contribution in [0, 0.1) is 0 Å². The molecule has 0 unspecified atom stereocenters. The summed E-state index contributed by atoms with van der Waals surface area (Å²) in [4.78, 5) is 0. The average molecular weight is 198 g/mol. The molecule has 0 saturated carbocycles. The van der Waals surface area contributed by atoms with Crippen LogP contribution in [-0.2, 0) is 9.47 Å². The van der Waals surface area contributed by atoms with Crippen molar-refractivity contribution in [2.75, 3.05) is 14.2 Å². The molecule has 0 aromatic heterocycles.